The zero-order chi connectivity index (χ0) is 15.5. The number of nitrogens with zero attached hydrogens (tertiary/aromatic N) is 1. The average Bonchev–Trinajstić information content (AvgIpc) is 2.50. The molecule has 118 valence electrons. The maximum atomic E-state index is 13.3. The van der Waals surface area contributed by atoms with E-state index in [0.717, 1.165) is 25.1 Å². The van der Waals surface area contributed by atoms with Crippen LogP contribution in [0.1, 0.15) is 24.5 Å². The summed E-state index contributed by atoms with van der Waals surface area (Å²) < 4.78 is 18.3. The van der Waals surface area contributed by atoms with Crippen LogP contribution in [0.4, 0.5) is 4.39 Å². The van der Waals surface area contributed by atoms with Crippen molar-refractivity contribution in [3.63, 3.8) is 0 Å². The van der Waals surface area contributed by atoms with Crippen molar-refractivity contribution in [2.45, 2.75) is 26.5 Å². The van der Waals surface area contributed by atoms with Gasteiger partial charge in [-0.05, 0) is 31.0 Å². The Balaban J connectivity index is 2.60. The van der Waals surface area contributed by atoms with Gasteiger partial charge in [-0.1, -0.05) is 6.07 Å². The number of ether oxygens (including phenoxy) is 1. The van der Waals surface area contributed by atoms with Crippen LogP contribution in [-0.2, 0) is 17.9 Å². The van der Waals surface area contributed by atoms with E-state index >= 15 is 0 Å². The molecule has 0 aromatic heterocycles. The first-order valence-corrected chi connectivity index (χ1v) is 7.10. The number of hydrogen-bond donors (Lipinski definition) is 3. The summed E-state index contributed by atoms with van der Waals surface area (Å²) in [6.07, 6.45) is 0.895. The molecular weight excluding hydrogens is 273 g/mol. The topological polar surface area (TPSA) is 65.9 Å². The summed E-state index contributed by atoms with van der Waals surface area (Å²) in [5.41, 5.74) is 1.15. The molecule has 1 aromatic rings. The fraction of sp³-hybridized carbons (Fsp3) is 0.533. The van der Waals surface area contributed by atoms with Gasteiger partial charge in [-0.2, -0.15) is 0 Å². The highest BCUT2D eigenvalue weighted by atomic mass is 19.1. The highest BCUT2D eigenvalue weighted by Gasteiger charge is 2.03. The number of halogens is 1. The lowest BCUT2D eigenvalue weighted by Crippen LogP contribution is -2.38. The fourth-order valence-electron chi connectivity index (χ4n) is 1.78. The summed E-state index contributed by atoms with van der Waals surface area (Å²) in [7, 11) is 1.67. The molecule has 0 bridgehead atoms. The molecule has 0 saturated carbocycles. The fourth-order valence-corrected chi connectivity index (χ4v) is 1.78. The van der Waals surface area contributed by atoms with Crippen molar-refractivity contribution in [2.24, 2.45) is 4.99 Å². The lowest BCUT2D eigenvalue weighted by Gasteiger charge is -2.11. The molecule has 0 spiro atoms. The standard InChI is InChI=1S/C15H24FN3O2/c1-3-17-15(18-7-4-8-21-2)19-10-12-5-6-14(16)13(9-12)11-20/h5-6,9,20H,3-4,7-8,10-11H2,1-2H3,(H2,17,18,19). The number of rotatable bonds is 8. The largest absolute Gasteiger partial charge is 0.392 e. The lowest BCUT2D eigenvalue weighted by molar-refractivity contribution is 0.195. The zero-order valence-electron chi connectivity index (χ0n) is 12.7. The number of aliphatic imine (C=N–C) groups is 1. The third-order valence-corrected chi connectivity index (χ3v) is 2.86. The number of aliphatic hydroxyl groups is 1. The molecule has 3 N–H and O–H groups in total. The molecular formula is C15H24FN3O2. The first-order valence-electron chi connectivity index (χ1n) is 7.10. The summed E-state index contributed by atoms with van der Waals surface area (Å²) >= 11 is 0. The van der Waals surface area contributed by atoms with E-state index in [1.807, 2.05) is 6.92 Å². The van der Waals surface area contributed by atoms with Gasteiger partial charge in [0, 0.05) is 32.4 Å². The summed E-state index contributed by atoms with van der Waals surface area (Å²) in [6, 6.07) is 4.66. The maximum absolute atomic E-state index is 13.3. The van der Waals surface area contributed by atoms with Crippen LogP contribution in [0.25, 0.3) is 0 Å². The minimum Gasteiger partial charge on any atom is -0.392 e. The van der Waals surface area contributed by atoms with Crippen LogP contribution in [-0.4, -0.2) is 37.9 Å². The first-order chi connectivity index (χ1) is 10.2. The van der Waals surface area contributed by atoms with Crippen LogP contribution < -0.4 is 10.6 Å². The molecule has 6 heteroatoms. The van der Waals surface area contributed by atoms with Crippen LogP contribution in [0.2, 0.25) is 0 Å². The van der Waals surface area contributed by atoms with Gasteiger partial charge < -0.3 is 20.5 Å². The highest BCUT2D eigenvalue weighted by molar-refractivity contribution is 5.79. The van der Waals surface area contributed by atoms with E-state index in [4.69, 9.17) is 9.84 Å². The van der Waals surface area contributed by atoms with Crippen molar-refractivity contribution in [2.75, 3.05) is 26.8 Å². The summed E-state index contributed by atoms with van der Waals surface area (Å²) in [5.74, 6) is 0.318. The molecule has 0 heterocycles. The molecule has 1 rings (SSSR count). The van der Waals surface area contributed by atoms with Crippen molar-refractivity contribution in [1.29, 1.82) is 0 Å². The molecule has 0 fully saturated rings. The number of nitrogens with one attached hydrogen (secondary N) is 2. The second-order valence-corrected chi connectivity index (χ2v) is 4.55. The summed E-state index contributed by atoms with van der Waals surface area (Å²) in [6.45, 7) is 4.34. The van der Waals surface area contributed by atoms with E-state index in [2.05, 4.69) is 15.6 Å². The van der Waals surface area contributed by atoms with Crippen LogP contribution in [0.3, 0.4) is 0 Å². The molecule has 21 heavy (non-hydrogen) atoms. The van der Waals surface area contributed by atoms with Gasteiger partial charge in [0.25, 0.3) is 0 Å². The Morgan fingerprint density at radius 3 is 2.86 bits per heavy atom. The number of methoxy groups -OCH3 is 1. The van der Waals surface area contributed by atoms with Gasteiger partial charge in [-0.25, -0.2) is 9.38 Å². The van der Waals surface area contributed by atoms with Crippen molar-refractivity contribution in [3.8, 4) is 0 Å². The number of benzene rings is 1. The van der Waals surface area contributed by atoms with Crippen molar-refractivity contribution >= 4 is 5.96 Å². The Bertz CT molecular complexity index is 453. The molecule has 0 radical (unpaired) electrons. The van der Waals surface area contributed by atoms with E-state index in [9.17, 15) is 4.39 Å². The molecule has 0 aliphatic heterocycles. The van der Waals surface area contributed by atoms with Crippen molar-refractivity contribution in [3.05, 3.63) is 35.1 Å². The monoisotopic (exact) mass is 297 g/mol. The maximum Gasteiger partial charge on any atom is 0.191 e. The highest BCUT2D eigenvalue weighted by Crippen LogP contribution is 2.11. The Kier molecular flexibility index (Phi) is 8.38. The SMILES string of the molecule is CCNC(=NCc1ccc(F)c(CO)c1)NCCCOC. The minimum absolute atomic E-state index is 0.292. The third-order valence-electron chi connectivity index (χ3n) is 2.86. The molecule has 0 amide bonds. The van der Waals surface area contributed by atoms with Gasteiger partial charge in [0.15, 0.2) is 5.96 Å². The molecule has 0 aliphatic carbocycles. The molecule has 0 saturated heterocycles. The average molecular weight is 297 g/mol. The molecule has 0 aliphatic rings. The Hall–Kier alpha value is -1.66. The van der Waals surface area contributed by atoms with Gasteiger partial charge in [0.2, 0.25) is 0 Å². The van der Waals surface area contributed by atoms with Crippen LogP contribution in [0.15, 0.2) is 23.2 Å². The first kappa shape index (κ1) is 17.4. The van der Waals surface area contributed by atoms with Gasteiger partial charge in [-0.15, -0.1) is 0 Å². The summed E-state index contributed by atoms with van der Waals surface area (Å²) in [5, 5.41) is 15.4. The number of aliphatic hydroxyl groups excluding tert-OH is 1. The zero-order valence-corrected chi connectivity index (χ0v) is 12.7. The molecule has 0 atom stereocenters. The Morgan fingerprint density at radius 2 is 2.19 bits per heavy atom. The van der Waals surface area contributed by atoms with E-state index in [-0.39, 0.29) is 6.61 Å². The Morgan fingerprint density at radius 1 is 1.38 bits per heavy atom. The van der Waals surface area contributed by atoms with Crippen LogP contribution in [0.5, 0.6) is 0 Å². The van der Waals surface area contributed by atoms with Gasteiger partial charge in [0.1, 0.15) is 5.82 Å². The lowest BCUT2D eigenvalue weighted by atomic mass is 10.1. The number of guanidine groups is 1. The second-order valence-electron chi connectivity index (χ2n) is 4.55. The van der Waals surface area contributed by atoms with Crippen LogP contribution in [0, 0.1) is 5.82 Å². The van der Waals surface area contributed by atoms with Gasteiger partial charge in [0.05, 0.1) is 13.2 Å². The quantitative estimate of drug-likeness (QED) is 0.386. The van der Waals surface area contributed by atoms with Crippen molar-refractivity contribution in [1.82, 2.24) is 10.6 Å². The van der Waals surface area contributed by atoms with Crippen molar-refractivity contribution < 1.29 is 14.2 Å². The molecule has 1 aromatic carbocycles. The second kappa shape index (κ2) is 10.1. The van der Waals surface area contributed by atoms with Gasteiger partial charge in [-0.3, -0.25) is 0 Å². The minimum atomic E-state index is -0.394. The van der Waals surface area contributed by atoms with Crippen LogP contribution >= 0.6 is 0 Å². The van der Waals surface area contributed by atoms with E-state index in [1.165, 1.54) is 6.07 Å². The van der Waals surface area contributed by atoms with E-state index < -0.39 is 5.82 Å². The van der Waals surface area contributed by atoms with Gasteiger partial charge >= 0.3 is 0 Å². The third kappa shape index (κ3) is 6.55. The molecule has 5 nitrogen and oxygen atoms in total. The predicted molar refractivity (Wildman–Crippen MR) is 81.6 cm³/mol. The predicted octanol–water partition coefficient (Wildman–Crippen LogP) is 1.41. The Labute approximate surface area is 125 Å². The molecule has 0 unspecified atom stereocenters. The number of hydrogen-bond acceptors (Lipinski definition) is 3. The van der Waals surface area contributed by atoms with E-state index in [1.54, 1.807) is 19.2 Å². The normalized spacial score (nSPS) is 11.5. The smallest absolute Gasteiger partial charge is 0.191 e. The van der Waals surface area contributed by atoms with E-state index in [0.29, 0.717) is 24.7 Å². The summed E-state index contributed by atoms with van der Waals surface area (Å²) in [4.78, 5) is 4.44.